The van der Waals surface area contributed by atoms with Crippen molar-refractivity contribution in [2.45, 2.75) is 53.6 Å². The van der Waals surface area contributed by atoms with E-state index >= 15 is 0 Å². The van der Waals surface area contributed by atoms with Crippen molar-refractivity contribution >= 4 is 18.3 Å². The monoisotopic (exact) mass is 333 g/mol. The highest BCUT2D eigenvalue weighted by molar-refractivity contribution is 5.79. The van der Waals surface area contributed by atoms with E-state index in [4.69, 9.17) is 4.74 Å². The van der Waals surface area contributed by atoms with E-state index in [1.54, 1.807) is 6.07 Å². The molecular formula is C20H31NO3. The van der Waals surface area contributed by atoms with Gasteiger partial charge >= 0.3 is 0 Å². The van der Waals surface area contributed by atoms with Gasteiger partial charge in [-0.1, -0.05) is 45.4 Å². The number of carbonyl (C=O) groups is 2. The van der Waals surface area contributed by atoms with E-state index in [1.807, 2.05) is 38.1 Å². The van der Waals surface area contributed by atoms with Crippen molar-refractivity contribution in [1.29, 1.82) is 0 Å². The molecule has 0 fully saturated rings. The third-order valence-electron chi connectivity index (χ3n) is 3.52. The summed E-state index contributed by atoms with van der Waals surface area (Å²) in [7, 11) is 1.53. The Kier molecular flexibility index (Phi) is 11.3. The van der Waals surface area contributed by atoms with E-state index in [-0.39, 0.29) is 12.3 Å². The van der Waals surface area contributed by atoms with Crippen LogP contribution in [0.4, 0.5) is 0 Å². The molecule has 1 unspecified atom stereocenters. The molecule has 1 amide bonds. The largest absolute Gasteiger partial charge is 0.482 e. The number of nitrogens with one attached hydrogen (secondary N) is 1. The normalized spacial score (nSPS) is 11.6. The quantitative estimate of drug-likeness (QED) is 0.762. The zero-order valence-electron chi connectivity index (χ0n) is 15.8. The topological polar surface area (TPSA) is 55.4 Å². The zero-order chi connectivity index (χ0) is 18.5. The maximum Gasteiger partial charge on any atom is 0.223 e. The molecule has 0 aliphatic heterocycles. The Hall–Kier alpha value is -2.10. The summed E-state index contributed by atoms with van der Waals surface area (Å²) in [6, 6.07) is 5.57. The second-order valence-corrected chi connectivity index (χ2v) is 5.99. The van der Waals surface area contributed by atoms with Crippen molar-refractivity contribution < 1.29 is 14.3 Å². The molecule has 0 saturated carbocycles. The lowest BCUT2D eigenvalue weighted by atomic mass is 10.1. The summed E-state index contributed by atoms with van der Waals surface area (Å²) in [5, 5.41) is 2.47. The zero-order valence-corrected chi connectivity index (χ0v) is 15.8. The fraction of sp³-hybridized carbons (Fsp3) is 0.500. The Morgan fingerprint density at radius 3 is 2.42 bits per heavy atom. The fourth-order valence-corrected chi connectivity index (χ4v) is 1.63. The predicted molar refractivity (Wildman–Crippen MR) is 100 cm³/mol. The first-order chi connectivity index (χ1) is 11.4. The van der Waals surface area contributed by atoms with Gasteiger partial charge in [0.25, 0.3) is 0 Å². The Labute approximate surface area is 146 Å². The number of benzene rings is 1. The first kappa shape index (κ1) is 21.9. The highest BCUT2D eigenvalue weighted by atomic mass is 16.5. The van der Waals surface area contributed by atoms with Gasteiger partial charge in [0.1, 0.15) is 5.75 Å². The van der Waals surface area contributed by atoms with Gasteiger partial charge in [0.15, 0.2) is 12.4 Å². The van der Waals surface area contributed by atoms with Crippen LogP contribution in [-0.2, 0) is 9.59 Å². The number of amides is 1. The third kappa shape index (κ3) is 9.13. The van der Waals surface area contributed by atoms with E-state index in [0.29, 0.717) is 12.0 Å². The standard InChI is InChI=1S/C15H19NO3.C5H12/c1-4-5-12-8-13(7-6-11(12)2)19-14(10-17)9-15(18)16-3;1-4-5(2)3/h4-8,10,14H,9H2,1-3H3,(H,16,18);5H,4H2,1-3H3/b5-4-;. The molecule has 1 atom stereocenters. The molecule has 0 aromatic heterocycles. The number of allylic oxidation sites excluding steroid dienone is 1. The van der Waals surface area contributed by atoms with Crippen molar-refractivity contribution in [2.75, 3.05) is 7.05 Å². The number of carbonyl (C=O) groups excluding carboxylic acids is 2. The molecule has 4 nitrogen and oxygen atoms in total. The van der Waals surface area contributed by atoms with Gasteiger partial charge in [0, 0.05) is 7.05 Å². The molecule has 0 heterocycles. The molecule has 1 aromatic carbocycles. The summed E-state index contributed by atoms with van der Waals surface area (Å²) in [4.78, 5) is 22.2. The van der Waals surface area contributed by atoms with Crippen LogP contribution in [0.15, 0.2) is 24.3 Å². The number of hydrogen-bond donors (Lipinski definition) is 1. The molecule has 0 spiro atoms. The molecule has 0 aliphatic rings. The first-order valence-corrected chi connectivity index (χ1v) is 8.43. The number of hydrogen-bond acceptors (Lipinski definition) is 3. The molecule has 1 N–H and O–H groups in total. The maximum absolute atomic E-state index is 11.2. The second kappa shape index (κ2) is 12.3. The highest BCUT2D eigenvalue weighted by Crippen LogP contribution is 2.20. The van der Waals surface area contributed by atoms with E-state index in [9.17, 15) is 9.59 Å². The Bertz CT molecular complexity index is 536. The van der Waals surface area contributed by atoms with Crippen LogP contribution in [0, 0.1) is 12.8 Å². The van der Waals surface area contributed by atoms with Crippen molar-refractivity contribution in [1.82, 2.24) is 5.32 Å². The SMILES string of the molecule is C/C=C\c1cc(OC(C=O)CC(=O)NC)ccc1C.CCC(C)C. The summed E-state index contributed by atoms with van der Waals surface area (Å²) < 4.78 is 5.52. The molecule has 0 saturated heterocycles. The number of aldehydes is 1. The predicted octanol–water partition coefficient (Wildman–Crippen LogP) is 4.16. The Morgan fingerprint density at radius 1 is 1.33 bits per heavy atom. The molecule has 1 aromatic rings. The molecule has 134 valence electrons. The summed E-state index contributed by atoms with van der Waals surface area (Å²) in [5.41, 5.74) is 2.16. The van der Waals surface area contributed by atoms with Gasteiger partial charge in [0.05, 0.1) is 6.42 Å². The average molecular weight is 333 g/mol. The van der Waals surface area contributed by atoms with E-state index in [2.05, 4.69) is 26.1 Å². The van der Waals surface area contributed by atoms with Crippen LogP contribution in [0.3, 0.4) is 0 Å². The van der Waals surface area contributed by atoms with Crippen LogP contribution in [-0.4, -0.2) is 25.3 Å². The van der Waals surface area contributed by atoms with Gasteiger partial charge in [0.2, 0.25) is 5.91 Å². The smallest absolute Gasteiger partial charge is 0.223 e. The lowest BCUT2D eigenvalue weighted by molar-refractivity contribution is -0.125. The van der Waals surface area contributed by atoms with Gasteiger partial charge in [-0.15, -0.1) is 0 Å². The van der Waals surface area contributed by atoms with Crippen molar-refractivity contribution in [3.8, 4) is 5.75 Å². The van der Waals surface area contributed by atoms with E-state index < -0.39 is 6.10 Å². The molecule has 1 rings (SSSR count). The number of ether oxygens (including phenoxy) is 1. The third-order valence-corrected chi connectivity index (χ3v) is 3.52. The van der Waals surface area contributed by atoms with Crippen LogP contribution >= 0.6 is 0 Å². The van der Waals surface area contributed by atoms with Gasteiger partial charge in [-0.3, -0.25) is 9.59 Å². The van der Waals surface area contributed by atoms with Gasteiger partial charge in [-0.2, -0.15) is 0 Å². The Morgan fingerprint density at radius 2 is 1.96 bits per heavy atom. The lowest BCUT2D eigenvalue weighted by Gasteiger charge is -2.14. The molecule has 24 heavy (non-hydrogen) atoms. The highest BCUT2D eigenvalue weighted by Gasteiger charge is 2.14. The Balaban J connectivity index is 0.000000922. The van der Waals surface area contributed by atoms with Gasteiger partial charge in [-0.05, 0) is 43.0 Å². The van der Waals surface area contributed by atoms with E-state index in [0.717, 1.165) is 17.0 Å². The van der Waals surface area contributed by atoms with Crippen molar-refractivity contribution in [2.24, 2.45) is 5.92 Å². The average Bonchev–Trinajstić information content (AvgIpc) is 2.57. The van der Waals surface area contributed by atoms with Gasteiger partial charge < -0.3 is 10.1 Å². The van der Waals surface area contributed by atoms with Crippen molar-refractivity contribution in [3.05, 3.63) is 35.4 Å². The molecule has 0 bridgehead atoms. The van der Waals surface area contributed by atoms with Crippen LogP contribution < -0.4 is 10.1 Å². The fourth-order valence-electron chi connectivity index (χ4n) is 1.63. The summed E-state index contributed by atoms with van der Waals surface area (Å²) >= 11 is 0. The maximum atomic E-state index is 11.2. The minimum Gasteiger partial charge on any atom is -0.482 e. The molecular weight excluding hydrogens is 302 g/mol. The molecule has 0 aliphatic carbocycles. The van der Waals surface area contributed by atoms with Crippen LogP contribution in [0.5, 0.6) is 5.75 Å². The summed E-state index contributed by atoms with van der Waals surface area (Å²) in [6.45, 7) is 10.6. The van der Waals surface area contributed by atoms with Crippen molar-refractivity contribution in [3.63, 3.8) is 0 Å². The molecule has 4 heteroatoms. The van der Waals surface area contributed by atoms with E-state index in [1.165, 1.54) is 13.5 Å². The lowest BCUT2D eigenvalue weighted by Crippen LogP contribution is -2.28. The summed E-state index contributed by atoms with van der Waals surface area (Å²) in [6.07, 6.45) is 5.11. The molecule has 0 radical (unpaired) electrons. The van der Waals surface area contributed by atoms with Crippen LogP contribution in [0.2, 0.25) is 0 Å². The summed E-state index contributed by atoms with van der Waals surface area (Å²) in [5.74, 6) is 1.24. The van der Waals surface area contributed by atoms with Crippen LogP contribution in [0.1, 0.15) is 51.7 Å². The number of rotatable bonds is 7. The first-order valence-electron chi connectivity index (χ1n) is 8.43. The minimum atomic E-state index is -0.763. The number of aryl methyl sites for hydroxylation is 1. The van der Waals surface area contributed by atoms with Gasteiger partial charge in [-0.25, -0.2) is 0 Å². The van der Waals surface area contributed by atoms with Crippen LogP contribution in [0.25, 0.3) is 6.08 Å². The second-order valence-electron chi connectivity index (χ2n) is 5.99. The minimum absolute atomic E-state index is 0.0207.